The molecule has 3 aromatic carbocycles. The molecule has 0 fully saturated rings. The molecule has 3 nitrogen and oxygen atoms in total. The van der Waals surface area contributed by atoms with Crippen LogP contribution in [0.4, 0.5) is 0 Å². The molecule has 0 amide bonds. The van der Waals surface area contributed by atoms with Crippen molar-refractivity contribution < 1.29 is 4.74 Å². The van der Waals surface area contributed by atoms with E-state index in [0.717, 1.165) is 50.9 Å². The van der Waals surface area contributed by atoms with Gasteiger partial charge in [0.2, 0.25) is 0 Å². The summed E-state index contributed by atoms with van der Waals surface area (Å²) in [5.41, 5.74) is 5.26. The lowest BCUT2D eigenvalue weighted by Gasteiger charge is -2.20. The molecule has 4 aromatic rings. The van der Waals surface area contributed by atoms with Crippen molar-refractivity contribution >= 4 is 10.8 Å². The van der Waals surface area contributed by atoms with Crippen molar-refractivity contribution in [3.8, 4) is 16.9 Å². The number of ether oxygens (including phenoxy) is 1. The fourth-order valence-corrected chi connectivity index (χ4v) is 4.16. The van der Waals surface area contributed by atoms with Gasteiger partial charge in [-0.1, -0.05) is 67.6 Å². The number of benzene rings is 3. The maximum Gasteiger partial charge on any atom is 0.251 e. The Bertz CT molecular complexity index is 1220. The Labute approximate surface area is 171 Å². The van der Waals surface area contributed by atoms with Crippen molar-refractivity contribution in [1.82, 2.24) is 4.57 Å². The van der Waals surface area contributed by atoms with Gasteiger partial charge in [-0.25, -0.2) is 0 Å². The summed E-state index contributed by atoms with van der Waals surface area (Å²) in [7, 11) is 1.68. The van der Waals surface area contributed by atoms with Crippen LogP contribution in [0.25, 0.3) is 21.9 Å². The Morgan fingerprint density at radius 3 is 2.38 bits per heavy atom. The van der Waals surface area contributed by atoms with Gasteiger partial charge in [-0.05, 0) is 46.9 Å². The van der Waals surface area contributed by atoms with Gasteiger partial charge in [-0.15, -0.1) is 0 Å². The minimum Gasteiger partial charge on any atom is -0.496 e. The molecule has 4 rings (SSSR count). The highest BCUT2D eigenvalue weighted by atomic mass is 16.5. The summed E-state index contributed by atoms with van der Waals surface area (Å²) in [6, 6.07) is 24.2. The van der Waals surface area contributed by atoms with Gasteiger partial charge in [-0.3, -0.25) is 4.79 Å². The molecule has 0 unspecified atom stereocenters. The van der Waals surface area contributed by atoms with Crippen LogP contribution < -0.4 is 10.3 Å². The van der Waals surface area contributed by atoms with E-state index in [4.69, 9.17) is 4.74 Å². The lowest BCUT2D eigenvalue weighted by molar-refractivity contribution is 0.417. The van der Waals surface area contributed by atoms with Gasteiger partial charge < -0.3 is 9.30 Å². The summed E-state index contributed by atoms with van der Waals surface area (Å²) < 4.78 is 7.59. The standard InChI is InChI=1S/C26H25NO2/c1-4-23-18(2)22(16-25(28)27(23)17-19-10-6-5-7-11-19)26-21-13-9-8-12-20(21)14-15-24(26)29-3/h5-16H,4,17H2,1-3H3. The van der Waals surface area contributed by atoms with Crippen molar-refractivity contribution in [1.29, 1.82) is 0 Å². The van der Waals surface area contributed by atoms with E-state index in [1.807, 2.05) is 41.0 Å². The monoisotopic (exact) mass is 383 g/mol. The van der Waals surface area contributed by atoms with Gasteiger partial charge in [-0.2, -0.15) is 0 Å². The number of aromatic nitrogens is 1. The Hall–Kier alpha value is -3.33. The first-order valence-electron chi connectivity index (χ1n) is 9.97. The van der Waals surface area contributed by atoms with Crippen molar-refractivity contribution in [3.05, 3.63) is 100.0 Å². The highest BCUT2D eigenvalue weighted by Crippen LogP contribution is 2.38. The van der Waals surface area contributed by atoms with Gasteiger partial charge in [0.05, 0.1) is 13.7 Å². The molecule has 0 saturated carbocycles. The third kappa shape index (κ3) is 3.44. The molecule has 0 aliphatic carbocycles. The van der Waals surface area contributed by atoms with Gasteiger partial charge in [0, 0.05) is 17.3 Å². The fourth-order valence-electron chi connectivity index (χ4n) is 4.16. The lowest BCUT2D eigenvalue weighted by atomic mass is 9.93. The summed E-state index contributed by atoms with van der Waals surface area (Å²) in [6.07, 6.45) is 0.787. The van der Waals surface area contributed by atoms with E-state index in [0.29, 0.717) is 6.54 Å². The van der Waals surface area contributed by atoms with Crippen LogP contribution in [-0.4, -0.2) is 11.7 Å². The van der Waals surface area contributed by atoms with Crippen LogP contribution in [0, 0.1) is 6.92 Å². The Morgan fingerprint density at radius 1 is 0.931 bits per heavy atom. The van der Waals surface area contributed by atoms with E-state index in [-0.39, 0.29) is 5.56 Å². The minimum atomic E-state index is 0.0151. The topological polar surface area (TPSA) is 31.2 Å². The third-order valence-electron chi connectivity index (χ3n) is 5.59. The number of hydrogen-bond acceptors (Lipinski definition) is 2. The van der Waals surface area contributed by atoms with Crippen molar-refractivity contribution in [2.45, 2.75) is 26.8 Å². The molecule has 0 saturated heterocycles. The van der Waals surface area contributed by atoms with Gasteiger partial charge in [0.15, 0.2) is 0 Å². The average molecular weight is 383 g/mol. The lowest BCUT2D eigenvalue weighted by Crippen LogP contribution is -2.25. The summed E-state index contributed by atoms with van der Waals surface area (Å²) in [4.78, 5) is 13.2. The molecule has 29 heavy (non-hydrogen) atoms. The molecule has 0 atom stereocenters. The molecule has 0 spiro atoms. The van der Waals surface area contributed by atoms with E-state index in [9.17, 15) is 4.79 Å². The molecular weight excluding hydrogens is 358 g/mol. The molecule has 0 N–H and O–H groups in total. The number of fused-ring (bicyclic) bond motifs is 1. The normalized spacial score (nSPS) is 11.0. The van der Waals surface area contributed by atoms with Gasteiger partial charge >= 0.3 is 0 Å². The SMILES string of the molecule is CCc1c(C)c(-c2c(OC)ccc3ccccc23)cc(=O)n1Cc1ccccc1. The van der Waals surface area contributed by atoms with Crippen LogP contribution in [0.5, 0.6) is 5.75 Å². The molecule has 1 aromatic heterocycles. The van der Waals surface area contributed by atoms with Gasteiger partial charge in [0.25, 0.3) is 5.56 Å². The number of pyridine rings is 1. The zero-order chi connectivity index (χ0) is 20.4. The van der Waals surface area contributed by atoms with E-state index >= 15 is 0 Å². The quantitative estimate of drug-likeness (QED) is 0.449. The zero-order valence-electron chi connectivity index (χ0n) is 17.1. The maximum atomic E-state index is 13.2. The Morgan fingerprint density at radius 2 is 1.66 bits per heavy atom. The Kier molecular flexibility index (Phi) is 5.22. The first-order chi connectivity index (χ1) is 14.1. The average Bonchev–Trinajstić information content (AvgIpc) is 2.76. The number of hydrogen-bond donors (Lipinski definition) is 0. The summed E-state index contributed by atoms with van der Waals surface area (Å²) >= 11 is 0. The molecule has 3 heteroatoms. The minimum absolute atomic E-state index is 0.0151. The summed E-state index contributed by atoms with van der Waals surface area (Å²) in [5, 5.41) is 2.23. The van der Waals surface area contributed by atoms with Crippen LogP contribution in [0.3, 0.4) is 0 Å². The van der Waals surface area contributed by atoms with Crippen LogP contribution >= 0.6 is 0 Å². The zero-order valence-corrected chi connectivity index (χ0v) is 17.1. The summed E-state index contributed by atoms with van der Waals surface area (Å²) in [5.74, 6) is 0.786. The molecule has 0 aliphatic rings. The van der Waals surface area contributed by atoms with Crippen LogP contribution in [-0.2, 0) is 13.0 Å². The largest absolute Gasteiger partial charge is 0.496 e. The number of nitrogens with zero attached hydrogens (tertiary/aromatic N) is 1. The Balaban J connectivity index is 1.97. The van der Waals surface area contributed by atoms with Gasteiger partial charge in [0.1, 0.15) is 5.75 Å². The summed E-state index contributed by atoms with van der Waals surface area (Å²) in [6.45, 7) is 4.79. The predicted molar refractivity (Wildman–Crippen MR) is 120 cm³/mol. The number of methoxy groups -OCH3 is 1. The van der Waals surface area contributed by atoms with Crippen LogP contribution in [0.15, 0.2) is 77.6 Å². The molecule has 0 radical (unpaired) electrons. The highest BCUT2D eigenvalue weighted by molar-refractivity contribution is 6.00. The molecule has 146 valence electrons. The van der Waals surface area contributed by atoms with E-state index in [1.54, 1.807) is 13.2 Å². The maximum absolute atomic E-state index is 13.2. The highest BCUT2D eigenvalue weighted by Gasteiger charge is 2.18. The van der Waals surface area contributed by atoms with Crippen LogP contribution in [0.2, 0.25) is 0 Å². The first-order valence-corrected chi connectivity index (χ1v) is 9.97. The van der Waals surface area contributed by atoms with Crippen molar-refractivity contribution in [2.75, 3.05) is 7.11 Å². The number of rotatable bonds is 5. The van der Waals surface area contributed by atoms with Crippen molar-refractivity contribution in [3.63, 3.8) is 0 Å². The smallest absolute Gasteiger partial charge is 0.251 e. The molecular formula is C26H25NO2. The fraction of sp³-hybridized carbons (Fsp3) is 0.192. The molecule has 0 aliphatic heterocycles. The van der Waals surface area contributed by atoms with Crippen LogP contribution in [0.1, 0.15) is 23.7 Å². The van der Waals surface area contributed by atoms with E-state index in [2.05, 4.69) is 44.2 Å². The second kappa shape index (κ2) is 7.96. The van der Waals surface area contributed by atoms with E-state index < -0.39 is 0 Å². The third-order valence-corrected chi connectivity index (χ3v) is 5.59. The first kappa shape index (κ1) is 19.0. The predicted octanol–water partition coefficient (Wildman–Crippen LogP) is 5.60. The second-order valence-electron chi connectivity index (χ2n) is 7.26. The molecule has 0 bridgehead atoms. The second-order valence-corrected chi connectivity index (χ2v) is 7.26. The van der Waals surface area contributed by atoms with Crippen molar-refractivity contribution in [2.24, 2.45) is 0 Å². The van der Waals surface area contributed by atoms with E-state index in [1.165, 1.54) is 0 Å². The molecule has 1 heterocycles.